The van der Waals surface area contributed by atoms with Crippen LogP contribution in [0.1, 0.15) is 81.1 Å². The van der Waals surface area contributed by atoms with E-state index in [1.54, 1.807) is 13.8 Å². The molecule has 0 aromatic carbocycles. The zero-order valence-electron chi connectivity index (χ0n) is 29.3. The second-order valence-corrected chi connectivity index (χ2v) is 14.8. The van der Waals surface area contributed by atoms with Gasteiger partial charge in [-0.2, -0.15) is 0 Å². The van der Waals surface area contributed by atoms with Gasteiger partial charge in [0, 0.05) is 24.5 Å². The molecule has 14 atom stereocenters. The van der Waals surface area contributed by atoms with E-state index in [2.05, 4.69) is 18.8 Å². The van der Waals surface area contributed by atoms with Gasteiger partial charge in [-0.15, -0.1) is 0 Å². The van der Waals surface area contributed by atoms with Crippen LogP contribution in [0.5, 0.6) is 0 Å². The summed E-state index contributed by atoms with van der Waals surface area (Å²) < 4.78 is 32.0. The number of ether oxygens (including phenoxy) is 5. The highest BCUT2D eigenvalue weighted by Crippen LogP contribution is 2.38. The first-order chi connectivity index (χ1) is 20.9. The van der Waals surface area contributed by atoms with Crippen LogP contribution in [0.25, 0.3) is 0 Å². The Bertz CT molecular complexity index is 979. The standard InChI is InChI=1S/C34H62N2O9/c1-12-13-26-34(9,40)29-20(3)16-35-21(4)15-33(8,42-18-19(2)17-41-29)30(23(6)27(37)24(7)31(39)44-26)45-32-28(38)25(36(10)11)14-22(5)43-32/h20-30,32,35,37-38,40H,2,12-18H2,1,3-11H3/t20-,21+,22+,23-,24+,25-,26+,27-,28+,29-,30+,32-,33+,34+/m0/s1. The van der Waals surface area contributed by atoms with Gasteiger partial charge in [0.1, 0.15) is 17.8 Å². The number of esters is 1. The normalized spacial score (nSPS) is 46.4. The third-order valence-corrected chi connectivity index (χ3v) is 10.2. The molecule has 4 aliphatic rings. The monoisotopic (exact) mass is 642 g/mol. The van der Waals surface area contributed by atoms with E-state index < -0.39 is 65.8 Å². The third-order valence-electron chi connectivity index (χ3n) is 10.2. The molecule has 0 spiro atoms. The maximum atomic E-state index is 13.7. The summed E-state index contributed by atoms with van der Waals surface area (Å²) in [7, 11) is 3.83. The largest absolute Gasteiger partial charge is 0.459 e. The highest BCUT2D eigenvalue weighted by atomic mass is 16.7. The van der Waals surface area contributed by atoms with Crippen LogP contribution in [0.2, 0.25) is 0 Å². The third kappa shape index (κ3) is 9.06. The van der Waals surface area contributed by atoms with Crippen molar-refractivity contribution in [2.45, 2.75) is 147 Å². The first kappa shape index (κ1) is 38.3. The number of hydrogen-bond donors (Lipinski definition) is 4. The summed E-state index contributed by atoms with van der Waals surface area (Å²) in [6.45, 7) is 20.1. The SMILES string of the molecule is C=C1CO[C@H]2[C@@H](C)CN[C@H](C)C[C@@](C)(OC1)[C@H](O[C@@H]1O[C@H](C)C[C@H](N(C)C)[C@H]1O)[C@@H](C)[C@H](O)[C@@H](C)C(=O)O[C@H](CCC)[C@@]2(C)O. The predicted octanol–water partition coefficient (Wildman–Crippen LogP) is 2.64. The molecule has 2 bridgehead atoms. The minimum absolute atomic E-state index is 0.0799. The van der Waals surface area contributed by atoms with Crippen LogP contribution >= 0.6 is 0 Å². The number of carbonyl (C=O) groups is 1. The lowest BCUT2D eigenvalue weighted by molar-refractivity contribution is -0.302. The molecule has 4 fully saturated rings. The minimum atomic E-state index is -1.52. The molecule has 4 heterocycles. The van der Waals surface area contributed by atoms with Crippen molar-refractivity contribution in [1.82, 2.24) is 10.2 Å². The van der Waals surface area contributed by atoms with Crippen LogP contribution in [0.4, 0.5) is 0 Å². The fraction of sp³-hybridized carbons (Fsp3) is 0.912. The van der Waals surface area contributed by atoms with Gasteiger partial charge in [0.25, 0.3) is 0 Å². The van der Waals surface area contributed by atoms with Gasteiger partial charge in [-0.25, -0.2) is 0 Å². The van der Waals surface area contributed by atoms with Crippen molar-refractivity contribution in [2.24, 2.45) is 17.8 Å². The molecule has 0 aliphatic carbocycles. The summed E-state index contributed by atoms with van der Waals surface area (Å²) >= 11 is 0. The van der Waals surface area contributed by atoms with Crippen LogP contribution in [0, 0.1) is 17.8 Å². The van der Waals surface area contributed by atoms with E-state index in [1.165, 1.54) is 0 Å². The number of carbonyl (C=O) groups excluding carboxylic acids is 1. The molecule has 0 radical (unpaired) electrons. The van der Waals surface area contributed by atoms with Gasteiger partial charge in [-0.3, -0.25) is 4.79 Å². The average molecular weight is 643 g/mol. The van der Waals surface area contributed by atoms with Gasteiger partial charge < -0.3 is 49.2 Å². The van der Waals surface area contributed by atoms with Crippen molar-refractivity contribution in [1.29, 1.82) is 0 Å². The highest BCUT2D eigenvalue weighted by molar-refractivity contribution is 5.73. The zero-order chi connectivity index (χ0) is 33.9. The Kier molecular flexibility index (Phi) is 13.5. The minimum Gasteiger partial charge on any atom is -0.459 e. The summed E-state index contributed by atoms with van der Waals surface area (Å²) in [6.07, 6.45) is -3.49. The van der Waals surface area contributed by atoms with E-state index in [-0.39, 0.29) is 37.3 Å². The molecule has 0 unspecified atom stereocenters. The summed E-state index contributed by atoms with van der Waals surface area (Å²) in [5.74, 6) is -2.38. The molecule has 11 heteroatoms. The average Bonchev–Trinajstić information content (AvgIpc) is 2.96. The second-order valence-electron chi connectivity index (χ2n) is 14.8. The maximum absolute atomic E-state index is 13.7. The Balaban J connectivity index is 2.15. The summed E-state index contributed by atoms with van der Waals surface area (Å²) in [5.41, 5.74) is -1.87. The van der Waals surface area contributed by atoms with Crippen molar-refractivity contribution in [3.05, 3.63) is 12.2 Å². The number of nitrogens with zero attached hydrogens (tertiary/aromatic N) is 1. The van der Waals surface area contributed by atoms with Crippen molar-refractivity contribution in [3.8, 4) is 0 Å². The van der Waals surface area contributed by atoms with E-state index in [0.29, 0.717) is 37.8 Å². The van der Waals surface area contributed by atoms with Crippen LogP contribution in [0.15, 0.2) is 12.2 Å². The number of aliphatic hydroxyl groups is 3. The molecule has 0 saturated carbocycles. The van der Waals surface area contributed by atoms with Gasteiger partial charge in [-0.05, 0) is 79.5 Å². The lowest BCUT2D eigenvalue weighted by Crippen LogP contribution is -2.60. The molecule has 45 heavy (non-hydrogen) atoms. The van der Waals surface area contributed by atoms with Crippen molar-refractivity contribution >= 4 is 5.97 Å². The van der Waals surface area contributed by atoms with Crippen molar-refractivity contribution < 1.29 is 43.8 Å². The summed E-state index contributed by atoms with van der Waals surface area (Å²) in [5, 5.41) is 38.8. The van der Waals surface area contributed by atoms with Gasteiger partial charge in [0.2, 0.25) is 0 Å². The Morgan fingerprint density at radius 3 is 2.38 bits per heavy atom. The molecular weight excluding hydrogens is 580 g/mol. The fourth-order valence-corrected chi connectivity index (χ4v) is 7.42. The van der Waals surface area contributed by atoms with E-state index in [4.69, 9.17) is 23.7 Å². The lowest BCUT2D eigenvalue weighted by atomic mass is 9.78. The fourth-order valence-electron chi connectivity index (χ4n) is 7.42. The van der Waals surface area contributed by atoms with E-state index >= 15 is 0 Å². The smallest absolute Gasteiger partial charge is 0.311 e. The van der Waals surface area contributed by atoms with E-state index in [0.717, 1.165) is 0 Å². The van der Waals surface area contributed by atoms with Crippen LogP contribution in [-0.4, -0.2) is 126 Å². The molecule has 262 valence electrons. The number of aliphatic hydroxyl groups excluding tert-OH is 2. The van der Waals surface area contributed by atoms with E-state index in [1.807, 2.05) is 53.6 Å². The molecule has 4 aliphatic heterocycles. The first-order valence-electron chi connectivity index (χ1n) is 16.8. The second kappa shape index (κ2) is 15.8. The molecule has 0 amide bonds. The van der Waals surface area contributed by atoms with Gasteiger partial charge >= 0.3 is 5.97 Å². The number of rotatable bonds is 5. The Morgan fingerprint density at radius 1 is 1.09 bits per heavy atom. The van der Waals surface area contributed by atoms with Gasteiger partial charge in [0.05, 0.1) is 49.1 Å². The molecule has 0 aromatic rings. The highest BCUT2D eigenvalue weighted by Gasteiger charge is 2.51. The maximum Gasteiger partial charge on any atom is 0.311 e. The molecular formula is C34H62N2O9. The summed E-state index contributed by atoms with van der Waals surface area (Å²) in [4.78, 5) is 15.6. The quantitative estimate of drug-likeness (QED) is 0.260. The first-order valence-corrected chi connectivity index (χ1v) is 16.8. The van der Waals surface area contributed by atoms with E-state index in [9.17, 15) is 20.1 Å². The van der Waals surface area contributed by atoms with Gasteiger partial charge in [0.15, 0.2) is 6.29 Å². The topological polar surface area (TPSA) is 139 Å². The Labute approximate surface area is 270 Å². The number of fused-ring (bicyclic) bond motifs is 15. The summed E-state index contributed by atoms with van der Waals surface area (Å²) in [6, 6.07) is -0.279. The molecule has 4 N–H and O–H groups in total. The Morgan fingerprint density at radius 2 is 1.76 bits per heavy atom. The Hall–Kier alpha value is -1.15. The number of likely N-dealkylation sites (N-methyl/N-ethyl adjacent to an activating group) is 1. The van der Waals surface area contributed by atoms with Crippen LogP contribution < -0.4 is 5.32 Å². The number of hydrogen-bond acceptors (Lipinski definition) is 11. The number of nitrogens with one attached hydrogen (secondary N) is 1. The van der Waals surface area contributed by atoms with Crippen LogP contribution in [-0.2, 0) is 28.5 Å². The predicted molar refractivity (Wildman–Crippen MR) is 172 cm³/mol. The molecule has 11 nitrogen and oxygen atoms in total. The molecule has 0 aromatic heterocycles. The van der Waals surface area contributed by atoms with Gasteiger partial charge in [-0.1, -0.05) is 33.8 Å². The van der Waals surface area contributed by atoms with Crippen molar-refractivity contribution in [3.63, 3.8) is 0 Å². The zero-order valence-corrected chi connectivity index (χ0v) is 29.3. The molecule has 4 saturated heterocycles. The lowest BCUT2D eigenvalue weighted by Gasteiger charge is -2.48. The van der Waals surface area contributed by atoms with Crippen molar-refractivity contribution in [2.75, 3.05) is 33.9 Å². The van der Waals surface area contributed by atoms with Crippen LogP contribution in [0.3, 0.4) is 0 Å². The molecule has 4 rings (SSSR count).